The van der Waals surface area contributed by atoms with Crippen LogP contribution in [0.4, 0.5) is 0 Å². The maximum atomic E-state index is 12.9. The number of aromatic nitrogens is 2. The fourth-order valence-corrected chi connectivity index (χ4v) is 4.14. The van der Waals surface area contributed by atoms with E-state index in [-0.39, 0.29) is 15.8 Å². The number of nitrogens with zero attached hydrogens (tertiary/aromatic N) is 1. The molecule has 0 unspecified atom stereocenters. The Morgan fingerprint density at radius 3 is 2.40 bits per heavy atom. The second-order valence-electron chi connectivity index (χ2n) is 5.65. The number of aromatic amines is 1. The van der Waals surface area contributed by atoms with E-state index >= 15 is 0 Å². The average Bonchev–Trinajstić information content (AvgIpc) is 3.00. The lowest BCUT2D eigenvalue weighted by Gasteiger charge is -2.08. The molecule has 7 nitrogen and oxygen atoms in total. The van der Waals surface area contributed by atoms with Crippen molar-refractivity contribution in [2.24, 2.45) is 0 Å². The summed E-state index contributed by atoms with van der Waals surface area (Å²) in [6, 6.07) is 11.0. The smallest absolute Gasteiger partial charge is 0.372 e. The maximum absolute atomic E-state index is 12.9. The van der Waals surface area contributed by atoms with E-state index in [1.54, 1.807) is 18.2 Å². The minimum atomic E-state index is -3.80. The molecule has 1 N–H and O–H groups in total. The quantitative estimate of drug-likeness (QED) is 0.592. The Hall–Kier alpha value is -3.13. The summed E-state index contributed by atoms with van der Waals surface area (Å²) >= 11 is 0. The fraction of sp³-hybridized carbons (Fsp3) is 0.0588. The molecular formula is C17H12N2O5S. The van der Waals surface area contributed by atoms with Crippen LogP contribution >= 0.6 is 0 Å². The topological polar surface area (TPSA) is 102 Å². The van der Waals surface area contributed by atoms with Crippen LogP contribution in [0.1, 0.15) is 5.56 Å². The highest BCUT2D eigenvalue weighted by molar-refractivity contribution is 7.90. The molecule has 0 bridgehead atoms. The molecule has 0 aliphatic carbocycles. The van der Waals surface area contributed by atoms with Gasteiger partial charge in [0.1, 0.15) is 0 Å². The number of rotatable bonds is 2. The molecule has 2 heterocycles. The monoisotopic (exact) mass is 356 g/mol. The fourth-order valence-electron chi connectivity index (χ4n) is 2.80. The molecule has 0 aliphatic rings. The highest BCUT2D eigenvalue weighted by Gasteiger charge is 2.20. The molecule has 0 amide bonds. The molecule has 0 saturated carbocycles. The predicted octanol–water partition coefficient (Wildman–Crippen LogP) is 1.98. The molecule has 0 aliphatic heterocycles. The Kier molecular flexibility index (Phi) is 3.19. The third kappa shape index (κ3) is 2.30. The molecule has 0 radical (unpaired) electrons. The number of aryl methyl sites for hydroxylation is 1. The van der Waals surface area contributed by atoms with E-state index in [1.165, 1.54) is 30.5 Å². The Balaban J connectivity index is 2.04. The lowest BCUT2D eigenvalue weighted by molar-refractivity contribution is 0.460. The van der Waals surface area contributed by atoms with Crippen LogP contribution in [0, 0.1) is 6.92 Å². The minimum absolute atomic E-state index is 0.150. The van der Waals surface area contributed by atoms with E-state index in [9.17, 15) is 18.0 Å². The molecule has 4 rings (SSSR count). The molecule has 25 heavy (non-hydrogen) atoms. The van der Waals surface area contributed by atoms with E-state index in [4.69, 9.17) is 0 Å². The highest BCUT2D eigenvalue weighted by atomic mass is 32.2. The summed E-state index contributed by atoms with van der Waals surface area (Å²) < 4.78 is 31.4. The summed E-state index contributed by atoms with van der Waals surface area (Å²) in [6.07, 6.45) is 1.40. The number of H-pyrrole nitrogens is 1. The van der Waals surface area contributed by atoms with Gasteiger partial charge in [-0.3, -0.25) is 4.98 Å². The van der Waals surface area contributed by atoms with Gasteiger partial charge < -0.3 is 4.42 Å². The zero-order valence-electron chi connectivity index (χ0n) is 13.0. The second-order valence-corrected chi connectivity index (χ2v) is 7.47. The largest absolute Gasteiger partial charge is 0.419 e. The van der Waals surface area contributed by atoms with E-state index in [0.717, 1.165) is 9.54 Å². The SMILES string of the molecule is Cc1ccc(S(=O)(=O)n2ccc3c4[nH]c(=O)oc(=O)c4ccc32)cc1. The summed E-state index contributed by atoms with van der Waals surface area (Å²) in [5.74, 6) is -0.890. The van der Waals surface area contributed by atoms with Crippen LogP contribution in [-0.2, 0) is 10.0 Å². The highest BCUT2D eigenvalue weighted by Crippen LogP contribution is 2.26. The van der Waals surface area contributed by atoms with Crippen molar-refractivity contribution in [3.05, 3.63) is 75.2 Å². The van der Waals surface area contributed by atoms with Crippen LogP contribution in [0.5, 0.6) is 0 Å². The van der Waals surface area contributed by atoms with Crippen LogP contribution in [-0.4, -0.2) is 17.4 Å². The van der Waals surface area contributed by atoms with Gasteiger partial charge in [-0.2, -0.15) is 0 Å². The second kappa shape index (κ2) is 5.18. The van der Waals surface area contributed by atoms with Gasteiger partial charge in [0.05, 0.1) is 21.3 Å². The van der Waals surface area contributed by atoms with Crippen molar-refractivity contribution in [3.63, 3.8) is 0 Å². The van der Waals surface area contributed by atoms with Crippen LogP contribution in [0.25, 0.3) is 21.8 Å². The van der Waals surface area contributed by atoms with Gasteiger partial charge in [-0.25, -0.2) is 22.0 Å². The van der Waals surface area contributed by atoms with Crippen molar-refractivity contribution >= 4 is 31.8 Å². The van der Waals surface area contributed by atoms with Crippen molar-refractivity contribution in [2.45, 2.75) is 11.8 Å². The molecule has 8 heteroatoms. The van der Waals surface area contributed by atoms with E-state index < -0.39 is 21.4 Å². The van der Waals surface area contributed by atoms with E-state index in [2.05, 4.69) is 9.40 Å². The van der Waals surface area contributed by atoms with Crippen LogP contribution in [0.3, 0.4) is 0 Å². The molecule has 2 aromatic heterocycles. The van der Waals surface area contributed by atoms with E-state index in [1.807, 2.05) is 6.92 Å². The number of benzene rings is 2. The van der Waals surface area contributed by atoms with Crippen LogP contribution in [0.15, 0.2) is 67.6 Å². The van der Waals surface area contributed by atoms with Crippen molar-refractivity contribution in [1.82, 2.24) is 8.96 Å². The normalized spacial score (nSPS) is 12.0. The van der Waals surface area contributed by atoms with Gasteiger partial charge in [-0.05, 0) is 37.3 Å². The van der Waals surface area contributed by atoms with Gasteiger partial charge in [-0.15, -0.1) is 0 Å². The number of fused-ring (bicyclic) bond motifs is 3. The Morgan fingerprint density at radius 2 is 1.68 bits per heavy atom. The molecular weight excluding hydrogens is 344 g/mol. The summed E-state index contributed by atoms with van der Waals surface area (Å²) in [4.78, 5) is 25.9. The molecule has 0 atom stereocenters. The van der Waals surface area contributed by atoms with Crippen LogP contribution in [0.2, 0.25) is 0 Å². The first kappa shape index (κ1) is 15.4. The molecule has 0 spiro atoms. The van der Waals surface area contributed by atoms with Crippen molar-refractivity contribution in [1.29, 1.82) is 0 Å². The first-order chi connectivity index (χ1) is 11.9. The average molecular weight is 356 g/mol. The third-order valence-electron chi connectivity index (χ3n) is 4.05. The van der Waals surface area contributed by atoms with Gasteiger partial charge in [-0.1, -0.05) is 17.7 Å². The number of hydrogen-bond acceptors (Lipinski definition) is 5. The van der Waals surface area contributed by atoms with Gasteiger partial charge in [0, 0.05) is 11.6 Å². The summed E-state index contributed by atoms with van der Waals surface area (Å²) in [6.45, 7) is 1.87. The lowest BCUT2D eigenvalue weighted by atomic mass is 10.2. The van der Waals surface area contributed by atoms with Crippen molar-refractivity contribution < 1.29 is 12.8 Å². The summed E-state index contributed by atoms with van der Waals surface area (Å²) in [5, 5.41) is 0.621. The number of hydrogen-bond donors (Lipinski definition) is 1. The zero-order valence-corrected chi connectivity index (χ0v) is 13.8. The number of nitrogens with one attached hydrogen (secondary N) is 1. The maximum Gasteiger partial charge on any atom is 0.419 e. The summed E-state index contributed by atoms with van der Waals surface area (Å²) in [5.41, 5.74) is 0.785. The first-order valence-corrected chi connectivity index (χ1v) is 8.81. The molecule has 126 valence electrons. The standard InChI is InChI=1S/C17H12N2O5S/c1-10-2-4-11(5-3-10)25(22,23)19-9-8-12-14(19)7-6-13-15(12)18-17(21)24-16(13)20/h2-9H,1H3,(H,18,21). The van der Waals surface area contributed by atoms with Crippen LogP contribution < -0.4 is 11.4 Å². The minimum Gasteiger partial charge on any atom is -0.372 e. The Labute approximate surface area is 141 Å². The molecule has 0 fully saturated rings. The molecule has 4 aromatic rings. The lowest BCUT2D eigenvalue weighted by Crippen LogP contribution is -2.15. The van der Waals surface area contributed by atoms with E-state index in [0.29, 0.717) is 10.9 Å². The zero-order chi connectivity index (χ0) is 17.8. The van der Waals surface area contributed by atoms with Gasteiger partial charge in [0.15, 0.2) is 0 Å². The Morgan fingerprint density at radius 1 is 0.960 bits per heavy atom. The predicted molar refractivity (Wildman–Crippen MR) is 92.4 cm³/mol. The molecule has 0 saturated heterocycles. The van der Waals surface area contributed by atoms with Crippen molar-refractivity contribution in [2.75, 3.05) is 0 Å². The van der Waals surface area contributed by atoms with Gasteiger partial charge in [0.25, 0.3) is 10.0 Å². The molecule has 2 aromatic carbocycles. The van der Waals surface area contributed by atoms with Gasteiger partial charge >= 0.3 is 11.4 Å². The van der Waals surface area contributed by atoms with Gasteiger partial charge in [0.2, 0.25) is 0 Å². The first-order valence-electron chi connectivity index (χ1n) is 7.37. The Bertz CT molecular complexity index is 1340. The third-order valence-corrected chi connectivity index (χ3v) is 5.75. The van der Waals surface area contributed by atoms with Crippen molar-refractivity contribution in [3.8, 4) is 0 Å². The summed E-state index contributed by atoms with van der Waals surface area (Å²) in [7, 11) is -3.80.